The zero-order valence-electron chi connectivity index (χ0n) is 32.7. The number of unbranched alkanes of at least 4 members (excludes halogenated alkanes) is 4. The third kappa shape index (κ3) is 14.8. The predicted octanol–water partition coefficient (Wildman–Crippen LogP) is 1.17. The Kier molecular flexibility index (Phi) is 18.8. The fourth-order valence-electron chi connectivity index (χ4n) is 7.06. The minimum Gasteiger partial charge on any atom is -0.379 e. The summed E-state index contributed by atoms with van der Waals surface area (Å²) in [5.74, 6) is -2.38. The molecule has 0 aromatic rings. The summed E-state index contributed by atoms with van der Waals surface area (Å²) in [5.41, 5.74) is -3.95. The van der Waals surface area contributed by atoms with Crippen LogP contribution in [0.5, 0.6) is 0 Å². The molecule has 1 aliphatic carbocycles. The number of hydrogen-bond donors (Lipinski definition) is 4. The van der Waals surface area contributed by atoms with Gasteiger partial charge in [-0.25, -0.2) is 0 Å². The molecule has 55 heavy (non-hydrogen) atoms. The Morgan fingerprint density at radius 1 is 0.418 bits per heavy atom. The number of carbonyl (C=O) groups is 4. The SMILES string of the molecule is O=C(NCCCCOCC1CO1)C1(C(=O)NCCCCOCC2CO2)CCCCCC1(C(=O)NCCCCOCC1CO1)C(=O)NCCCCOCC1CO1. The summed E-state index contributed by atoms with van der Waals surface area (Å²) in [5, 5.41) is 12.0. The van der Waals surface area contributed by atoms with Crippen LogP contribution < -0.4 is 21.3 Å². The van der Waals surface area contributed by atoms with Gasteiger partial charge in [-0.05, 0) is 64.2 Å². The van der Waals surface area contributed by atoms with Gasteiger partial charge >= 0.3 is 0 Å². The maximum absolute atomic E-state index is 14.7. The van der Waals surface area contributed by atoms with Crippen molar-refractivity contribution in [3.63, 3.8) is 0 Å². The van der Waals surface area contributed by atoms with E-state index in [1.54, 1.807) is 0 Å². The van der Waals surface area contributed by atoms with Crippen LogP contribution in [0.25, 0.3) is 0 Å². The van der Waals surface area contributed by atoms with Gasteiger partial charge in [-0.3, -0.25) is 19.2 Å². The van der Waals surface area contributed by atoms with Gasteiger partial charge in [-0.2, -0.15) is 0 Å². The van der Waals surface area contributed by atoms with Gasteiger partial charge in [-0.1, -0.05) is 19.3 Å². The second-order valence-electron chi connectivity index (χ2n) is 15.3. The molecule has 4 N–H and O–H groups in total. The zero-order valence-corrected chi connectivity index (χ0v) is 32.7. The van der Waals surface area contributed by atoms with Crippen molar-refractivity contribution in [3.8, 4) is 0 Å². The molecule has 4 heterocycles. The predicted molar refractivity (Wildman–Crippen MR) is 199 cm³/mol. The minimum absolute atomic E-state index is 0.0641. The van der Waals surface area contributed by atoms with Gasteiger partial charge in [0.15, 0.2) is 10.8 Å². The molecule has 0 radical (unpaired) electrons. The molecule has 16 heteroatoms. The minimum atomic E-state index is -1.97. The molecule has 5 aliphatic rings. The maximum Gasteiger partial charge on any atom is 0.237 e. The monoisotopic (exact) mass is 782 g/mol. The lowest BCUT2D eigenvalue weighted by Gasteiger charge is -2.45. The lowest BCUT2D eigenvalue weighted by Crippen LogP contribution is -2.69. The average Bonchev–Trinajstić information content (AvgIpc) is 3.98. The Bertz CT molecular complexity index is 1010. The highest BCUT2D eigenvalue weighted by Crippen LogP contribution is 2.51. The lowest BCUT2D eigenvalue weighted by atomic mass is 9.57. The second kappa shape index (κ2) is 23.7. The van der Waals surface area contributed by atoms with Crippen LogP contribution in [0.2, 0.25) is 0 Å². The van der Waals surface area contributed by atoms with E-state index in [2.05, 4.69) is 21.3 Å². The molecule has 4 amide bonds. The van der Waals surface area contributed by atoms with Crippen LogP contribution >= 0.6 is 0 Å². The normalized spacial score (nSPS) is 27.8. The van der Waals surface area contributed by atoms with E-state index in [9.17, 15) is 19.2 Å². The van der Waals surface area contributed by atoms with Crippen molar-refractivity contribution in [1.29, 1.82) is 0 Å². The Balaban J connectivity index is 1.27. The number of amides is 4. The van der Waals surface area contributed by atoms with Crippen molar-refractivity contribution in [2.75, 3.05) is 105 Å². The fourth-order valence-corrected chi connectivity index (χ4v) is 7.06. The fraction of sp³-hybridized carbons (Fsp3) is 0.897. The van der Waals surface area contributed by atoms with Crippen molar-refractivity contribution in [2.45, 2.75) is 108 Å². The van der Waals surface area contributed by atoms with Gasteiger partial charge < -0.3 is 59.2 Å². The third-order valence-electron chi connectivity index (χ3n) is 10.7. The van der Waals surface area contributed by atoms with Crippen LogP contribution in [-0.2, 0) is 57.1 Å². The second-order valence-corrected chi connectivity index (χ2v) is 15.3. The molecule has 0 bridgehead atoms. The molecular weight excluding hydrogens is 716 g/mol. The van der Waals surface area contributed by atoms with Crippen molar-refractivity contribution >= 4 is 23.6 Å². The molecule has 0 aromatic heterocycles. The first kappa shape index (κ1) is 43.7. The van der Waals surface area contributed by atoms with Crippen LogP contribution in [0, 0.1) is 10.8 Å². The first-order valence-electron chi connectivity index (χ1n) is 20.9. The molecule has 5 rings (SSSR count). The summed E-state index contributed by atoms with van der Waals surface area (Å²) in [7, 11) is 0. The van der Waals surface area contributed by atoms with E-state index >= 15 is 0 Å². The standard InChI is InChI=1S/C39H66N4O12/c44-34(40-14-4-8-18-48-22-30-26-52-30)38(35(45)41-15-5-9-19-49-23-31-27-53-31)12-2-1-3-13-39(38,36(46)42-16-6-10-20-50-24-32-28-54-32)37(47)43-17-7-11-21-51-25-33-29-55-33/h30-33H,1-29H2,(H,40,44)(H,41,45)(H,42,46)(H,43,47). The Morgan fingerprint density at radius 3 is 0.909 bits per heavy atom. The number of hydrogen-bond acceptors (Lipinski definition) is 12. The molecule has 4 unspecified atom stereocenters. The van der Waals surface area contributed by atoms with E-state index in [0.29, 0.717) is 123 Å². The highest BCUT2D eigenvalue weighted by atomic mass is 16.6. The van der Waals surface area contributed by atoms with E-state index in [0.717, 1.165) is 26.4 Å². The van der Waals surface area contributed by atoms with Crippen LogP contribution in [0.1, 0.15) is 83.5 Å². The number of ether oxygens (including phenoxy) is 8. The molecule has 4 aliphatic heterocycles. The van der Waals surface area contributed by atoms with E-state index in [4.69, 9.17) is 37.9 Å². The van der Waals surface area contributed by atoms with Gasteiger partial charge in [0.1, 0.15) is 24.4 Å². The van der Waals surface area contributed by atoms with Crippen LogP contribution in [-0.4, -0.2) is 154 Å². The third-order valence-corrected chi connectivity index (χ3v) is 10.7. The molecule has 0 aromatic carbocycles. The van der Waals surface area contributed by atoms with Crippen LogP contribution in [0.4, 0.5) is 0 Å². The van der Waals surface area contributed by atoms with Gasteiger partial charge in [0, 0.05) is 52.6 Å². The first-order chi connectivity index (χ1) is 27.0. The first-order valence-corrected chi connectivity index (χ1v) is 20.9. The summed E-state index contributed by atoms with van der Waals surface area (Å²) in [6.07, 6.45) is 7.76. The number of epoxide rings is 4. The van der Waals surface area contributed by atoms with E-state index in [1.807, 2.05) is 0 Å². The summed E-state index contributed by atoms with van der Waals surface area (Å²) < 4.78 is 43.4. The van der Waals surface area contributed by atoms with Gasteiger partial charge in [-0.15, -0.1) is 0 Å². The lowest BCUT2D eigenvalue weighted by molar-refractivity contribution is -0.170. The summed E-state index contributed by atoms with van der Waals surface area (Å²) >= 11 is 0. The van der Waals surface area contributed by atoms with Gasteiger partial charge in [0.2, 0.25) is 23.6 Å². The van der Waals surface area contributed by atoms with Crippen LogP contribution in [0.3, 0.4) is 0 Å². The highest BCUT2D eigenvalue weighted by molar-refractivity contribution is 6.19. The topological polar surface area (TPSA) is 203 Å². The van der Waals surface area contributed by atoms with Gasteiger partial charge in [0.25, 0.3) is 0 Å². The summed E-state index contributed by atoms with van der Waals surface area (Å²) in [4.78, 5) is 58.9. The van der Waals surface area contributed by atoms with E-state index in [1.165, 1.54) is 0 Å². The van der Waals surface area contributed by atoms with Gasteiger partial charge in [0.05, 0.1) is 52.9 Å². The quantitative estimate of drug-likeness (QED) is 0.0329. The molecular formula is C39H66N4O12. The highest BCUT2D eigenvalue weighted by Gasteiger charge is 2.68. The average molecular weight is 783 g/mol. The largest absolute Gasteiger partial charge is 0.379 e. The Morgan fingerprint density at radius 2 is 0.673 bits per heavy atom. The smallest absolute Gasteiger partial charge is 0.237 e. The maximum atomic E-state index is 14.7. The van der Waals surface area contributed by atoms with Crippen LogP contribution in [0.15, 0.2) is 0 Å². The summed E-state index contributed by atoms with van der Waals surface area (Å²) in [6, 6.07) is 0. The molecule has 4 saturated heterocycles. The van der Waals surface area contributed by atoms with Crippen molar-refractivity contribution in [2.24, 2.45) is 10.8 Å². The van der Waals surface area contributed by atoms with E-state index in [-0.39, 0.29) is 63.4 Å². The zero-order chi connectivity index (χ0) is 38.6. The molecule has 5 fully saturated rings. The Hall–Kier alpha value is -2.44. The van der Waals surface area contributed by atoms with Crippen molar-refractivity contribution < 1.29 is 57.1 Å². The number of nitrogens with one attached hydrogen (secondary N) is 4. The van der Waals surface area contributed by atoms with Crippen molar-refractivity contribution in [1.82, 2.24) is 21.3 Å². The number of carbonyl (C=O) groups excluding carboxylic acids is 4. The number of rotatable bonds is 32. The van der Waals surface area contributed by atoms with Crippen molar-refractivity contribution in [3.05, 3.63) is 0 Å². The Labute approximate surface area is 325 Å². The molecule has 0 spiro atoms. The summed E-state index contributed by atoms with van der Waals surface area (Å²) in [6.45, 7) is 8.27. The molecule has 314 valence electrons. The molecule has 1 saturated carbocycles. The molecule has 16 nitrogen and oxygen atoms in total. The molecule has 4 atom stereocenters. The van der Waals surface area contributed by atoms with E-state index < -0.39 is 34.5 Å².